The number of fused-ring (bicyclic) bond motifs is 1. The first-order valence-electron chi connectivity index (χ1n) is 9.71. The number of halogens is 2. The Bertz CT molecular complexity index is 909. The zero-order valence-electron chi connectivity index (χ0n) is 16.1. The number of carbonyl (C=O) groups excluding carboxylic acids is 1. The molecular formula is C20H25F2N5O. The number of piperidine rings is 1. The van der Waals surface area contributed by atoms with Gasteiger partial charge in [-0.15, -0.1) is 0 Å². The van der Waals surface area contributed by atoms with Crippen molar-refractivity contribution in [3.63, 3.8) is 0 Å². The molecule has 1 aliphatic carbocycles. The van der Waals surface area contributed by atoms with Crippen LogP contribution in [0.1, 0.15) is 44.6 Å². The van der Waals surface area contributed by atoms with Gasteiger partial charge in [0.1, 0.15) is 17.8 Å². The molecule has 3 atom stereocenters. The maximum atomic E-state index is 13.6. The summed E-state index contributed by atoms with van der Waals surface area (Å²) in [5.41, 5.74) is 1.10. The molecule has 1 amide bonds. The number of hydrogen-bond acceptors (Lipinski definition) is 4. The van der Waals surface area contributed by atoms with Gasteiger partial charge in [-0.3, -0.25) is 4.79 Å². The molecule has 3 unspecified atom stereocenters. The number of rotatable bonds is 5. The van der Waals surface area contributed by atoms with E-state index in [0.717, 1.165) is 12.8 Å². The Kier molecular flexibility index (Phi) is 4.59. The van der Waals surface area contributed by atoms with Crippen molar-refractivity contribution < 1.29 is 13.6 Å². The summed E-state index contributed by atoms with van der Waals surface area (Å²) in [4.78, 5) is 25.7. The molecule has 28 heavy (non-hydrogen) atoms. The molecule has 1 saturated carbocycles. The predicted molar refractivity (Wildman–Crippen MR) is 103 cm³/mol. The van der Waals surface area contributed by atoms with Gasteiger partial charge in [0.15, 0.2) is 0 Å². The molecule has 2 aromatic heterocycles. The highest BCUT2D eigenvalue weighted by Gasteiger charge is 2.58. The van der Waals surface area contributed by atoms with E-state index >= 15 is 0 Å². The van der Waals surface area contributed by atoms with Gasteiger partial charge in [0, 0.05) is 31.2 Å². The first kappa shape index (κ1) is 18.8. The molecular weight excluding hydrogens is 364 g/mol. The van der Waals surface area contributed by atoms with Crippen LogP contribution in [0.25, 0.3) is 11.0 Å². The Morgan fingerprint density at radius 1 is 1.43 bits per heavy atom. The minimum absolute atomic E-state index is 0.0144. The van der Waals surface area contributed by atoms with Crippen molar-refractivity contribution in [3.05, 3.63) is 30.7 Å². The number of anilines is 1. The fraction of sp³-hybridized carbons (Fsp3) is 0.550. The molecule has 1 saturated heterocycles. The van der Waals surface area contributed by atoms with Gasteiger partial charge >= 0.3 is 0 Å². The van der Waals surface area contributed by atoms with Crippen molar-refractivity contribution in [1.29, 1.82) is 0 Å². The van der Waals surface area contributed by atoms with Gasteiger partial charge in [-0.25, -0.2) is 18.7 Å². The summed E-state index contributed by atoms with van der Waals surface area (Å²) >= 11 is 0. The van der Waals surface area contributed by atoms with Crippen molar-refractivity contribution >= 4 is 22.8 Å². The summed E-state index contributed by atoms with van der Waals surface area (Å²) in [5, 5.41) is 4.01. The molecule has 2 N–H and O–H groups in total. The molecule has 2 aliphatic rings. The number of likely N-dealkylation sites (tertiary alicyclic amines) is 1. The molecule has 150 valence electrons. The fourth-order valence-corrected chi connectivity index (χ4v) is 4.29. The largest absolute Gasteiger partial charge is 0.365 e. The quantitative estimate of drug-likeness (QED) is 0.765. The topological polar surface area (TPSA) is 73.9 Å². The van der Waals surface area contributed by atoms with E-state index in [0.29, 0.717) is 34.9 Å². The summed E-state index contributed by atoms with van der Waals surface area (Å²) in [6.45, 7) is 8.36. The molecule has 0 radical (unpaired) electrons. The molecule has 8 heteroatoms. The molecule has 6 nitrogen and oxygen atoms in total. The minimum Gasteiger partial charge on any atom is -0.365 e. The van der Waals surface area contributed by atoms with E-state index in [9.17, 15) is 13.6 Å². The van der Waals surface area contributed by atoms with Crippen molar-refractivity contribution in [2.24, 2.45) is 5.92 Å². The number of nitrogens with zero attached hydrogens (tertiary/aromatic N) is 3. The molecule has 4 rings (SSSR count). The van der Waals surface area contributed by atoms with Gasteiger partial charge < -0.3 is 15.2 Å². The molecule has 2 aromatic rings. The van der Waals surface area contributed by atoms with Crippen molar-refractivity contribution in [2.45, 2.75) is 57.0 Å². The molecule has 0 bridgehead atoms. The van der Waals surface area contributed by atoms with Gasteiger partial charge in [-0.05, 0) is 30.4 Å². The fourth-order valence-electron chi connectivity index (χ4n) is 4.29. The predicted octanol–water partition coefficient (Wildman–Crippen LogP) is 3.69. The van der Waals surface area contributed by atoms with Crippen LogP contribution in [0.2, 0.25) is 0 Å². The van der Waals surface area contributed by atoms with Crippen molar-refractivity contribution in [1.82, 2.24) is 19.9 Å². The lowest BCUT2D eigenvalue weighted by molar-refractivity contribution is -0.130. The highest BCUT2D eigenvalue weighted by atomic mass is 19.3. The number of aromatic nitrogens is 3. The van der Waals surface area contributed by atoms with Crippen molar-refractivity contribution in [3.8, 4) is 0 Å². The number of H-pyrrole nitrogens is 1. The Morgan fingerprint density at radius 3 is 2.82 bits per heavy atom. The van der Waals surface area contributed by atoms with E-state index in [4.69, 9.17) is 0 Å². The Balaban J connectivity index is 1.59. The standard InChI is InChI=1S/C20H25F2N5O/c1-4-16(28)27-9-12(5-6-15(27)11(2)3)26-19-17-13(14-7-20(14,21)22)8-23-18(17)24-10-25-19/h4,8,10-12,14-15H,1,5-7,9H2,2-3H3,(H2,23,24,25,26). The maximum Gasteiger partial charge on any atom is 0.256 e. The molecule has 2 fully saturated rings. The Hall–Kier alpha value is -2.51. The lowest BCUT2D eigenvalue weighted by Crippen LogP contribution is -2.52. The second-order valence-corrected chi connectivity index (χ2v) is 8.13. The van der Waals surface area contributed by atoms with Crippen LogP contribution in [0.4, 0.5) is 14.6 Å². The highest BCUT2D eigenvalue weighted by molar-refractivity contribution is 5.91. The second kappa shape index (κ2) is 6.83. The van der Waals surface area contributed by atoms with Gasteiger partial charge in [0.25, 0.3) is 5.92 Å². The summed E-state index contributed by atoms with van der Waals surface area (Å²) in [7, 11) is 0. The average molecular weight is 389 g/mol. The van der Waals surface area contributed by atoms with E-state index in [-0.39, 0.29) is 24.4 Å². The Morgan fingerprint density at radius 2 is 2.18 bits per heavy atom. The number of nitrogens with one attached hydrogen (secondary N) is 2. The lowest BCUT2D eigenvalue weighted by atomic mass is 9.90. The van der Waals surface area contributed by atoms with Gasteiger partial charge in [-0.2, -0.15) is 0 Å². The smallest absolute Gasteiger partial charge is 0.256 e. The third-order valence-electron chi connectivity index (χ3n) is 5.90. The summed E-state index contributed by atoms with van der Waals surface area (Å²) in [5.74, 6) is -2.64. The van der Waals surface area contributed by atoms with E-state index in [1.807, 2.05) is 4.90 Å². The summed E-state index contributed by atoms with van der Waals surface area (Å²) in [6.07, 6.45) is 5.97. The number of carbonyl (C=O) groups is 1. The zero-order chi connectivity index (χ0) is 20.1. The summed E-state index contributed by atoms with van der Waals surface area (Å²) < 4.78 is 27.3. The maximum absolute atomic E-state index is 13.6. The van der Waals surface area contributed by atoms with Crippen LogP contribution in [0.15, 0.2) is 25.2 Å². The van der Waals surface area contributed by atoms with Crippen LogP contribution in [0.5, 0.6) is 0 Å². The van der Waals surface area contributed by atoms with Crippen molar-refractivity contribution in [2.75, 3.05) is 11.9 Å². The zero-order valence-corrected chi connectivity index (χ0v) is 16.1. The second-order valence-electron chi connectivity index (χ2n) is 8.13. The van der Waals surface area contributed by atoms with Crippen LogP contribution in [0.3, 0.4) is 0 Å². The minimum atomic E-state index is -2.66. The highest BCUT2D eigenvalue weighted by Crippen LogP contribution is 2.57. The van der Waals surface area contributed by atoms with Crippen LogP contribution in [0, 0.1) is 5.92 Å². The van der Waals surface area contributed by atoms with E-state index in [2.05, 4.69) is 40.7 Å². The number of amides is 1. The van der Waals surface area contributed by atoms with E-state index < -0.39 is 11.8 Å². The van der Waals surface area contributed by atoms with E-state index in [1.165, 1.54) is 12.4 Å². The summed E-state index contributed by atoms with van der Waals surface area (Å²) in [6, 6.07) is 0.154. The molecule has 3 heterocycles. The van der Waals surface area contributed by atoms with Gasteiger partial charge in [0.05, 0.1) is 11.3 Å². The lowest BCUT2D eigenvalue weighted by Gasteiger charge is -2.41. The molecule has 1 aliphatic heterocycles. The number of hydrogen-bond donors (Lipinski definition) is 2. The van der Waals surface area contributed by atoms with Crippen LogP contribution in [-0.4, -0.2) is 50.3 Å². The third-order valence-corrected chi connectivity index (χ3v) is 5.90. The normalized spacial score (nSPS) is 26.5. The molecule has 0 spiro atoms. The number of aromatic amines is 1. The average Bonchev–Trinajstić information content (AvgIpc) is 3.10. The first-order chi connectivity index (χ1) is 13.3. The Labute approximate surface area is 162 Å². The van der Waals surface area contributed by atoms with Crippen LogP contribution >= 0.6 is 0 Å². The number of alkyl halides is 2. The SMILES string of the molecule is C=CC(=O)N1CC(Nc2ncnc3[nH]cc(C4CC4(F)F)c23)CCC1C(C)C. The molecule has 0 aromatic carbocycles. The third kappa shape index (κ3) is 3.25. The van der Waals surface area contributed by atoms with Gasteiger partial charge in [0.2, 0.25) is 5.91 Å². The van der Waals surface area contributed by atoms with Crippen LogP contribution < -0.4 is 5.32 Å². The van der Waals surface area contributed by atoms with E-state index in [1.54, 1.807) is 6.20 Å². The van der Waals surface area contributed by atoms with Crippen LogP contribution in [-0.2, 0) is 4.79 Å². The monoisotopic (exact) mass is 389 g/mol. The van der Waals surface area contributed by atoms with Gasteiger partial charge in [-0.1, -0.05) is 20.4 Å². The first-order valence-corrected chi connectivity index (χ1v) is 9.71.